The molecule has 118 valence electrons. The average Bonchev–Trinajstić information content (AvgIpc) is 2.55. The van der Waals surface area contributed by atoms with Gasteiger partial charge in [-0.15, -0.1) is 0 Å². The molecule has 4 heteroatoms. The van der Waals surface area contributed by atoms with Gasteiger partial charge < -0.3 is 15.4 Å². The van der Waals surface area contributed by atoms with E-state index in [1.54, 1.807) is 7.11 Å². The Kier molecular flexibility index (Phi) is 6.83. The number of nitrogens with two attached hydrogens (primary N) is 1. The molecule has 2 N–H and O–H groups in total. The molecule has 1 saturated heterocycles. The first-order valence-corrected chi connectivity index (χ1v) is 8.15. The van der Waals surface area contributed by atoms with Crippen LogP contribution >= 0.6 is 0 Å². The van der Waals surface area contributed by atoms with Crippen molar-refractivity contribution in [2.24, 2.45) is 5.73 Å². The highest BCUT2D eigenvalue weighted by molar-refractivity contribution is 5.49. The van der Waals surface area contributed by atoms with Crippen molar-refractivity contribution in [1.29, 1.82) is 0 Å². The van der Waals surface area contributed by atoms with Gasteiger partial charge in [0.2, 0.25) is 0 Å². The fourth-order valence-corrected chi connectivity index (χ4v) is 2.86. The Morgan fingerprint density at radius 2 is 1.62 bits per heavy atom. The minimum atomic E-state index is 0.834. The fourth-order valence-electron chi connectivity index (χ4n) is 2.86. The number of rotatable bonds is 8. The number of nitrogens with zero attached hydrogens (tertiary/aromatic N) is 2. The maximum Gasteiger partial charge on any atom is 0.119 e. The lowest BCUT2D eigenvalue weighted by molar-refractivity contribution is 0.252. The molecule has 2 rings (SSSR count). The molecule has 0 aliphatic carbocycles. The van der Waals surface area contributed by atoms with Gasteiger partial charge in [0.1, 0.15) is 5.75 Å². The number of methoxy groups -OCH3 is 1. The number of piperazine rings is 1. The lowest BCUT2D eigenvalue weighted by Gasteiger charge is -2.36. The summed E-state index contributed by atoms with van der Waals surface area (Å²) in [5.41, 5.74) is 6.82. The average molecular weight is 291 g/mol. The molecule has 1 aromatic rings. The first kappa shape index (κ1) is 16.1. The van der Waals surface area contributed by atoms with E-state index in [0.717, 1.165) is 25.4 Å². The predicted octanol–water partition coefficient (Wildman–Crippen LogP) is 2.34. The van der Waals surface area contributed by atoms with Gasteiger partial charge in [-0.1, -0.05) is 12.8 Å². The Balaban J connectivity index is 1.67. The molecule has 1 heterocycles. The predicted molar refractivity (Wildman–Crippen MR) is 89.2 cm³/mol. The van der Waals surface area contributed by atoms with Crippen LogP contribution in [0.1, 0.15) is 25.7 Å². The molecule has 0 aromatic heterocycles. The number of hydrogen-bond donors (Lipinski definition) is 1. The number of benzene rings is 1. The molecule has 0 spiro atoms. The summed E-state index contributed by atoms with van der Waals surface area (Å²) in [5, 5.41) is 0. The molecule has 0 bridgehead atoms. The third-order valence-corrected chi connectivity index (χ3v) is 4.24. The second-order valence-electron chi connectivity index (χ2n) is 5.73. The van der Waals surface area contributed by atoms with Crippen molar-refractivity contribution in [3.63, 3.8) is 0 Å². The normalized spacial score (nSPS) is 16.2. The second-order valence-corrected chi connectivity index (χ2v) is 5.73. The molecule has 4 nitrogen and oxygen atoms in total. The molecule has 1 fully saturated rings. The van der Waals surface area contributed by atoms with Gasteiger partial charge in [0.25, 0.3) is 0 Å². The first-order chi connectivity index (χ1) is 10.3. The number of hydrogen-bond acceptors (Lipinski definition) is 4. The molecule has 1 aliphatic rings. The first-order valence-electron chi connectivity index (χ1n) is 8.15. The van der Waals surface area contributed by atoms with Crippen LogP contribution in [-0.4, -0.2) is 51.3 Å². The number of anilines is 1. The summed E-state index contributed by atoms with van der Waals surface area (Å²) < 4.78 is 5.21. The topological polar surface area (TPSA) is 41.7 Å². The van der Waals surface area contributed by atoms with Crippen molar-refractivity contribution in [2.45, 2.75) is 25.7 Å². The van der Waals surface area contributed by atoms with Gasteiger partial charge in [0.15, 0.2) is 0 Å². The van der Waals surface area contributed by atoms with Crippen LogP contribution in [0.5, 0.6) is 5.75 Å². The zero-order chi connectivity index (χ0) is 14.9. The monoisotopic (exact) mass is 291 g/mol. The third-order valence-electron chi connectivity index (χ3n) is 4.24. The summed E-state index contributed by atoms with van der Waals surface area (Å²) in [4.78, 5) is 5.05. The smallest absolute Gasteiger partial charge is 0.119 e. The van der Waals surface area contributed by atoms with Gasteiger partial charge in [0.05, 0.1) is 7.11 Å². The standard InChI is InChI=1S/C17H29N3O/c1-21-17-8-6-16(7-9-17)20-14-12-19(13-15-20)11-5-3-2-4-10-18/h6-9H,2-5,10-15,18H2,1H3. The lowest BCUT2D eigenvalue weighted by Crippen LogP contribution is -2.46. The van der Waals surface area contributed by atoms with Crippen molar-refractivity contribution in [3.05, 3.63) is 24.3 Å². The van der Waals surface area contributed by atoms with Gasteiger partial charge in [-0.25, -0.2) is 0 Å². The Bertz CT molecular complexity index is 386. The largest absolute Gasteiger partial charge is 0.497 e. The van der Waals surface area contributed by atoms with E-state index in [2.05, 4.69) is 21.9 Å². The van der Waals surface area contributed by atoms with Gasteiger partial charge in [0, 0.05) is 31.9 Å². The summed E-state index contributed by atoms with van der Waals surface area (Å²) in [6.45, 7) is 6.65. The number of unbranched alkanes of at least 4 members (excludes halogenated alkanes) is 3. The Morgan fingerprint density at radius 1 is 0.952 bits per heavy atom. The molecule has 0 atom stereocenters. The van der Waals surface area contributed by atoms with Crippen molar-refractivity contribution >= 4 is 5.69 Å². The van der Waals surface area contributed by atoms with Gasteiger partial charge in [-0.05, 0) is 50.2 Å². The SMILES string of the molecule is COc1ccc(N2CCN(CCCCCCN)CC2)cc1. The highest BCUT2D eigenvalue weighted by Gasteiger charge is 2.16. The van der Waals surface area contributed by atoms with Crippen molar-refractivity contribution in [3.8, 4) is 5.75 Å². The van der Waals surface area contributed by atoms with Crippen LogP contribution in [0, 0.1) is 0 Å². The minimum Gasteiger partial charge on any atom is -0.497 e. The van der Waals surface area contributed by atoms with Gasteiger partial charge in [-0.3, -0.25) is 4.90 Å². The van der Waals surface area contributed by atoms with E-state index in [1.807, 2.05) is 12.1 Å². The lowest BCUT2D eigenvalue weighted by atomic mass is 10.1. The summed E-state index contributed by atoms with van der Waals surface area (Å²) in [7, 11) is 1.71. The Hall–Kier alpha value is -1.26. The highest BCUT2D eigenvalue weighted by atomic mass is 16.5. The Labute approximate surface area is 128 Å². The zero-order valence-electron chi connectivity index (χ0n) is 13.3. The van der Waals surface area contributed by atoms with Crippen LogP contribution < -0.4 is 15.4 Å². The maximum atomic E-state index is 5.52. The van der Waals surface area contributed by atoms with E-state index in [1.165, 1.54) is 51.0 Å². The zero-order valence-corrected chi connectivity index (χ0v) is 13.3. The Morgan fingerprint density at radius 3 is 2.24 bits per heavy atom. The molecule has 21 heavy (non-hydrogen) atoms. The van der Waals surface area contributed by atoms with E-state index in [4.69, 9.17) is 10.5 Å². The summed E-state index contributed by atoms with van der Waals surface area (Å²) in [6, 6.07) is 8.39. The van der Waals surface area contributed by atoms with Crippen LogP contribution in [0.2, 0.25) is 0 Å². The van der Waals surface area contributed by atoms with Crippen molar-refractivity contribution in [1.82, 2.24) is 4.90 Å². The molecule has 0 unspecified atom stereocenters. The molecule has 0 amide bonds. The van der Waals surface area contributed by atoms with E-state index >= 15 is 0 Å². The summed E-state index contributed by atoms with van der Waals surface area (Å²) >= 11 is 0. The molecule has 0 saturated carbocycles. The fraction of sp³-hybridized carbons (Fsp3) is 0.647. The van der Waals surface area contributed by atoms with Crippen LogP contribution in [0.4, 0.5) is 5.69 Å². The summed E-state index contributed by atoms with van der Waals surface area (Å²) in [6.07, 6.45) is 5.08. The van der Waals surface area contributed by atoms with E-state index in [0.29, 0.717) is 0 Å². The number of ether oxygens (including phenoxy) is 1. The van der Waals surface area contributed by atoms with Crippen molar-refractivity contribution in [2.75, 3.05) is 51.3 Å². The third kappa shape index (κ3) is 5.21. The van der Waals surface area contributed by atoms with Gasteiger partial charge in [-0.2, -0.15) is 0 Å². The highest BCUT2D eigenvalue weighted by Crippen LogP contribution is 2.20. The van der Waals surface area contributed by atoms with Crippen LogP contribution in [0.25, 0.3) is 0 Å². The molecular formula is C17H29N3O. The molecule has 0 radical (unpaired) electrons. The van der Waals surface area contributed by atoms with E-state index in [9.17, 15) is 0 Å². The van der Waals surface area contributed by atoms with Crippen LogP contribution in [0.15, 0.2) is 24.3 Å². The second kappa shape index (κ2) is 8.90. The molecule has 1 aromatic carbocycles. The van der Waals surface area contributed by atoms with E-state index < -0.39 is 0 Å². The molecule has 1 aliphatic heterocycles. The van der Waals surface area contributed by atoms with Crippen LogP contribution in [-0.2, 0) is 0 Å². The van der Waals surface area contributed by atoms with Crippen LogP contribution in [0.3, 0.4) is 0 Å². The molecular weight excluding hydrogens is 262 g/mol. The summed E-state index contributed by atoms with van der Waals surface area (Å²) in [5.74, 6) is 0.926. The van der Waals surface area contributed by atoms with E-state index in [-0.39, 0.29) is 0 Å². The van der Waals surface area contributed by atoms with Crippen molar-refractivity contribution < 1.29 is 4.74 Å². The minimum absolute atomic E-state index is 0.834. The van der Waals surface area contributed by atoms with Gasteiger partial charge >= 0.3 is 0 Å². The quantitative estimate of drug-likeness (QED) is 0.747. The maximum absolute atomic E-state index is 5.52.